The molecular formula is C16H8BrClO. The monoisotopic (exact) mass is 330 g/mol. The predicted octanol–water partition coefficient (Wildman–Crippen LogP) is 6.16. The average molecular weight is 332 g/mol. The molecule has 0 spiro atoms. The molecule has 0 radical (unpaired) electrons. The summed E-state index contributed by atoms with van der Waals surface area (Å²) < 4.78 is 6.96. The van der Waals surface area contributed by atoms with Gasteiger partial charge in [0.25, 0.3) is 0 Å². The Bertz CT molecular complexity index is 940. The quantitative estimate of drug-likeness (QED) is 0.376. The molecule has 0 unspecified atom stereocenters. The molecule has 1 nitrogen and oxygen atoms in total. The van der Waals surface area contributed by atoms with Crippen LogP contribution >= 0.6 is 27.5 Å². The fraction of sp³-hybridized carbons (Fsp3) is 0. The first-order valence-corrected chi connectivity index (χ1v) is 7.11. The Balaban J connectivity index is 2.39. The Hall–Kier alpha value is -1.51. The topological polar surface area (TPSA) is 13.1 Å². The number of benzene rings is 3. The Labute approximate surface area is 122 Å². The van der Waals surface area contributed by atoms with Gasteiger partial charge in [0.05, 0.1) is 5.02 Å². The molecule has 0 N–H and O–H groups in total. The summed E-state index contributed by atoms with van der Waals surface area (Å²) in [4.78, 5) is 0. The van der Waals surface area contributed by atoms with Crippen molar-refractivity contribution in [1.29, 1.82) is 0 Å². The van der Waals surface area contributed by atoms with Crippen LogP contribution in [-0.4, -0.2) is 0 Å². The van der Waals surface area contributed by atoms with E-state index in [0.717, 1.165) is 26.4 Å². The molecule has 4 rings (SSSR count). The van der Waals surface area contributed by atoms with Crippen LogP contribution in [0.3, 0.4) is 0 Å². The van der Waals surface area contributed by atoms with Crippen molar-refractivity contribution >= 4 is 60.2 Å². The molecule has 92 valence electrons. The van der Waals surface area contributed by atoms with E-state index in [9.17, 15) is 0 Å². The van der Waals surface area contributed by atoms with Crippen molar-refractivity contribution in [2.24, 2.45) is 0 Å². The maximum atomic E-state index is 6.21. The Kier molecular flexibility index (Phi) is 2.38. The van der Waals surface area contributed by atoms with Gasteiger partial charge in [0.2, 0.25) is 0 Å². The fourth-order valence-electron chi connectivity index (χ4n) is 2.59. The van der Waals surface area contributed by atoms with Crippen LogP contribution in [0.2, 0.25) is 5.02 Å². The van der Waals surface area contributed by atoms with Gasteiger partial charge in [-0.3, -0.25) is 0 Å². The summed E-state index contributed by atoms with van der Waals surface area (Å²) in [5.41, 5.74) is 1.62. The van der Waals surface area contributed by atoms with E-state index < -0.39 is 0 Å². The predicted molar refractivity (Wildman–Crippen MR) is 83.9 cm³/mol. The fourth-order valence-corrected chi connectivity index (χ4v) is 3.38. The molecule has 1 heterocycles. The Morgan fingerprint density at radius 2 is 1.74 bits per heavy atom. The zero-order valence-corrected chi connectivity index (χ0v) is 12.1. The molecule has 0 aliphatic heterocycles. The third-order valence-electron chi connectivity index (χ3n) is 3.40. The SMILES string of the molecule is Clc1cccc2c1oc1ccc3cccc(Br)c3c12. The van der Waals surface area contributed by atoms with Gasteiger partial charge in [-0.05, 0) is 23.6 Å². The van der Waals surface area contributed by atoms with Gasteiger partial charge in [-0.25, -0.2) is 0 Å². The first-order chi connectivity index (χ1) is 9.25. The molecule has 0 fully saturated rings. The summed E-state index contributed by atoms with van der Waals surface area (Å²) in [6.45, 7) is 0. The first kappa shape index (κ1) is 11.3. The van der Waals surface area contributed by atoms with Crippen LogP contribution in [0.25, 0.3) is 32.7 Å². The third-order valence-corrected chi connectivity index (χ3v) is 4.36. The summed E-state index contributed by atoms with van der Waals surface area (Å²) in [6, 6.07) is 16.1. The molecule has 0 amide bonds. The average Bonchev–Trinajstić information content (AvgIpc) is 2.79. The molecule has 0 saturated heterocycles. The van der Waals surface area contributed by atoms with Crippen molar-refractivity contribution in [3.63, 3.8) is 0 Å². The summed E-state index contributed by atoms with van der Waals surface area (Å²) in [6.07, 6.45) is 0. The van der Waals surface area contributed by atoms with E-state index in [-0.39, 0.29) is 0 Å². The van der Waals surface area contributed by atoms with E-state index in [1.165, 1.54) is 10.8 Å². The summed E-state index contributed by atoms with van der Waals surface area (Å²) in [5, 5.41) is 5.17. The van der Waals surface area contributed by atoms with Crippen molar-refractivity contribution in [1.82, 2.24) is 0 Å². The minimum absolute atomic E-state index is 0.647. The number of para-hydroxylation sites is 1. The van der Waals surface area contributed by atoms with E-state index >= 15 is 0 Å². The lowest BCUT2D eigenvalue weighted by atomic mass is 10.0. The van der Waals surface area contributed by atoms with Gasteiger partial charge in [-0.15, -0.1) is 0 Å². The van der Waals surface area contributed by atoms with Crippen LogP contribution < -0.4 is 0 Å². The van der Waals surface area contributed by atoms with Crippen molar-refractivity contribution in [3.05, 3.63) is 58.0 Å². The van der Waals surface area contributed by atoms with Crippen molar-refractivity contribution < 1.29 is 4.42 Å². The van der Waals surface area contributed by atoms with Gasteiger partial charge in [0.15, 0.2) is 5.58 Å². The lowest BCUT2D eigenvalue weighted by Crippen LogP contribution is -1.76. The maximum Gasteiger partial charge on any atom is 0.154 e. The number of fused-ring (bicyclic) bond motifs is 5. The van der Waals surface area contributed by atoms with E-state index in [1.54, 1.807) is 0 Å². The lowest BCUT2D eigenvalue weighted by molar-refractivity contribution is 0.669. The molecule has 0 aliphatic rings. The second kappa shape index (κ2) is 3.99. The van der Waals surface area contributed by atoms with Crippen LogP contribution in [0.5, 0.6) is 0 Å². The number of hydrogen-bond acceptors (Lipinski definition) is 1. The molecule has 0 saturated carbocycles. The number of rotatable bonds is 0. The van der Waals surface area contributed by atoms with E-state index in [0.29, 0.717) is 5.02 Å². The van der Waals surface area contributed by atoms with Crippen molar-refractivity contribution in [2.45, 2.75) is 0 Å². The van der Waals surface area contributed by atoms with Crippen LogP contribution in [0.4, 0.5) is 0 Å². The highest BCUT2D eigenvalue weighted by Gasteiger charge is 2.13. The molecule has 0 atom stereocenters. The lowest BCUT2D eigenvalue weighted by Gasteiger charge is -2.01. The van der Waals surface area contributed by atoms with Crippen LogP contribution in [0, 0.1) is 0 Å². The molecule has 3 heteroatoms. The molecule has 19 heavy (non-hydrogen) atoms. The largest absolute Gasteiger partial charge is 0.454 e. The standard InChI is InChI=1S/C16H8BrClO/c17-11-5-1-3-9-7-8-13-15(14(9)11)10-4-2-6-12(18)16(10)19-13/h1-8H. The van der Waals surface area contributed by atoms with Gasteiger partial charge in [-0.2, -0.15) is 0 Å². The highest BCUT2D eigenvalue weighted by Crippen LogP contribution is 2.39. The summed E-state index contributed by atoms with van der Waals surface area (Å²) in [5.74, 6) is 0. The minimum Gasteiger partial charge on any atom is -0.454 e. The normalized spacial score (nSPS) is 11.7. The molecule has 0 aliphatic carbocycles. The Morgan fingerprint density at radius 1 is 0.895 bits per heavy atom. The van der Waals surface area contributed by atoms with Crippen LogP contribution in [0.15, 0.2) is 57.4 Å². The Morgan fingerprint density at radius 3 is 2.63 bits per heavy atom. The first-order valence-electron chi connectivity index (χ1n) is 5.93. The van der Waals surface area contributed by atoms with Crippen molar-refractivity contribution in [3.8, 4) is 0 Å². The molecule has 1 aromatic heterocycles. The highest BCUT2D eigenvalue weighted by molar-refractivity contribution is 9.10. The molecule has 3 aromatic carbocycles. The maximum absolute atomic E-state index is 6.21. The van der Waals surface area contributed by atoms with Crippen molar-refractivity contribution in [2.75, 3.05) is 0 Å². The summed E-state index contributed by atoms with van der Waals surface area (Å²) in [7, 11) is 0. The minimum atomic E-state index is 0.647. The molecular weight excluding hydrogens is 324 g/mol. The summed E-state index contributed by atoms with van der Waals surface area (Å²) >= 11 is 9.85. The smallest absolute Gasteiger partial charge is 0.154 e. The number of halogens is 2. The zero-order chi connectivity index (χ0) is 13.0. The second-order valence-corrected chi connectivity index (χ2v) is 5.76. The highest BCUT2D eigenvalue weighted by atomic mass is 79.9. The van der Waals surface area contributed by atoms with Gasteiger partial charge in [0, 0.05) is 20.6 Å². The van der Waals surface area contributed by atoms with Crippen LogP contribution in [0.1, 0.15) is 0 Å². The van der Waals surface area contributed by atoms with E-state index in [4.69, 9.17) is 16.0 Å². The van der Waals surface area contributed by atoms with Crippen LogP contribution in [-0.2, 0) is 0 Å². The molecule has 0 bridgehead atoms. The third kappa shape index (κ3) is 1.54. The second-order valence-electron chi connectivity index (χ2n) is 4.50. The van der Waals surface area contributed by atoms with Gasteiger partial charge < -0.3 is 4.42 Å². The van der Waals surface area contributed by atoms with Gasteiger partial charge >= 0.3 is 0 Å². The molecule has 4 aromatic rings. The van der Waals surface area contributed by atoms with Gasteiger partial charge in [0.1, 0.15) is 5.58 Å². The van der Waals surface area contributed by atoms with E-state index in [1.807, 2.05) is 36.4 Å². The van der Waals surface area contributed by atoms with Gasteiger partial charge in [-0.1, -0.05) is 57.9 Å². The van der Waals surface area contributed by atoms with E-state index in [2.05, 4.69) is 28.1 Å². The zero-order valence-electron chi connectivity index (χ0n) is 9.78. The number of hydrogen-bond donors (Lipinski definition) is 0. The number of furan rings is 1.